The van der Waals surface area contributed by atoms with Gasteiger partial charge in [0, 0.05) is 0 Å². The maximum Gasteiger partial charge on any atom is 0.165 e. The van der Waals surface area contributed by atoms with Crippen molar-refractivity contribution in [2.75, 3.05) is 6.54 Å². The molecule has 0 atom stereocenters. The second kappa shape index (κ2) is 6.83. The van der Waals surface area contributed by atoms with Crippen molar-refractivity contribution < 1.29 is 0 Å². The summed E-state index contributed by atoms with van der Waals surface area (Å²) in [7, 11) is 0. The fourth-order valence-electron chi connectivity index (χ4n) is 2.94. The smallest absolute Gasteiger partial charge is 0.165 e. The van der Waals surface area contributed by atoms with Gasteiger partial charge in [-0.1, -0.05) is 26.7 Å². The molecule has 1 aliphatic carbocycles. The van der Waals surface area contributed by atoms with E-state index in [0.717, 1.165) is 24.8 Å². The Hall–Kier alpha value is -0.970. The Morgan fingerprint density at radius 1 is 1.22 bits per heavy atom. The monoisotopic (exact) mass is 251 g/mol. The minimum Gasteiger partial charge on any atom is -0.310 e. The molecule has 1 saturated carbocycles. The van der Waals surface area contributed by atoms with E-state index in [0.29, 0.717) is 6.04 Å². The van der Waals surface area contributed by atoms with Crippen LogP contribution in [-0.4, -0.2) is 26.8 Å². The Balaban J connectivity index is 1.90. The van der Waals surface area contributed by atoms with Crippen molar-refractivity contribution in [3.63, 3.8) is 0 Å². The highest BCUT2D eigenvalue weighted by Gasteiger charge is 2.24. The quantitative estimate of drug-likeness (QED) is 0.843. The first-order chi connectivity index (χ1) is 8.85. The Morgan fingerprint density at radius 2 is 2.00 bits per heavy atom. The van der Waals surface area contributed by atoms with Gasteiger partial charge in [0.05, 0.1) is 12.6 Å². The zero-order valence-corrected chi connectivity index (χ0v) is 11.6. The van der Waals surface area contributed by atoms with Crippen LogP contribution in [0.25, 0.3) is 0 Å². The van der Waals surface area contributed by atoms with Gasteiger partial charge in [-0.3, -0.25) is 0 Å². The lowest BCUT2D eigenvalue weighted by atomic mass is 9.83. The Kier molecular flexibility index (Phi) is 5.11. The van der Waals surface area contributed by atoms with Gasteiger partial charge in [-0.15, -0.1) is 5.10 Å². The molecule has 1 fully saturated rings. The van der Waals surface area contributed by atoms with E-state index >= 15 is 0 Å². The first kappa shape index (κ1) is 13.5. The van der Waals surface area contributed by atoms with Gasteiger partial charge >= 0.3 is 0 Å². The molecule has 5 nitrogen and oxygen atoms in total. The third kappa shape index (κ3) is 3.28. The van der Waals surface area contributed by atoms with E-state index in [9.17, 15) is 0 Å². The molecule has 0 bridgehead atoms. The molecule has 102 valence electrons. The van der Waals surface area contributed by atoms with Crippen LogP contribution in [0.15, 0.2) is 0 Å². The Morgan fingerprint density at radius 3 is 2.67 bits per heavy atom. The second-order valence-corrected chi connectivity index (χ2v) is 5.28. The SMILES string of the molecule is CCCC1CCC(n2nnnc2CNCC)CC1. The summed E-state index contributed by atoms with van der Waals surface area (Å²) in [6, 6.07) is 0.516. The number of aromatic nitrogens is 4. The van der Waals surface area contributed by atoms with E-state index in [-0.39, 0.29) is 0 Å². The van der Waals surface area contributed by atoms with Gasteiger partial charge in [0.15, 0.2) is 5.82 Å². The number of hydrogen-bond acceptors (Lipinski definition) is 4. The van der Waals surface area contributed by atoms with E-state index in [4.69, 9.17) is 0 Å². The molecule has 1 heterocycles. The molecule has 1 N–H and O–H groups in total. The fraction of sp³-hybridized carbons (Fsp3) is 0.923. The Labute approximate surface area is 109 Å². The van der Waals surface area contributed by atoms with Crippen LogP contribution in [0.3, 0.4) is 0 Å². The lowest BCUT2D eigenvalue weighted by molar-refractivity contribution is 0.243. The van der Waals surface area contributed by atoms with Crippen LogP contribution < -0.4 is 5.32 Å². The van der Waals surface area contributed by atoms with Crippen LogP contribution in [0.4, 0.5) is 0 Å². The molecule has 18 heavy (non-hydrogen) atoms. The number of nitrogens with zero attached hydrogens (tertiary/aromatic N) is 4. The van der Waals surface area contributed by atoms with Crippen molar-refractivity contribution in [2.24, 2.45) is 5.92 Å². The third-order valence-corrected chi connectivity index (χ3v) is 3.95. The minimum atomic E-state index is 0.516. The standard InChI is InChI=1S/C13H25N5/c1-3-5-11-6-8-12(9-7-11)18-13(10-14-4-2)15-16-17-18/h11-12,14H,3-10H2,1-2H3. The number of rotatable bonds is 6. The predicted octanol–water partition coefficient (Wildman–Crippen LogP) is 2.31. The zero-order valence-electron chi connectivity index (χ0n) is 11.6. The predicted molar refractivity (Wildman–Crippen MR) is 71.1 cm³/mol. The summed E-state index contributed by atoms with van der Waals surface area (Å²) in [6.45, 7) is 6.11. The number of nitrogens with one attached hydrogen (secondary N) is 1. The van der Waals surface area contributed by atoms with Crippen LogP contribution >= 0.6 is 0 Å². The molecule has 1 aromatic heterocycles. The third-order valence-electron chi connectivity index (χ3n) is 3.95. The van der Waals surface area contributed by atoms with Crippen LogP contribution in [0, 0.1) is 5.92 Å². The molecular weight excluding hydrogens is 226 g/mol. The van der Waals surface area contributed by atoms with Crippen molar-refractivity contribution in [1.29, 1.82) is 0 Å². The molecule has 0 aromatic carbocycles. The summed E-state index contributed by atoms with van der Waals surface area (Å²) in [4.78, 5) is 0. The molecule has 1 aliphatic rings. The second-order valence-electron chi connectivity index (χ2n) is 5.28. The van der Waals surface area contributed by atoms with Crippen molar-refractivity contribution in [2.45, 2.75) is 65.0 Å². The highest BCUT2D eigenvalue weighted by atomic mass is 15.6. The van der Waals surface area contributed by atoms with Crippen molar-refractivity contribution in [3.8, 4) is 0 Å². The van der Waals surface area contributed by atoms with Gasteiger partial charge in [-0.05, 0) is 48.6 Å². The van der Waals surface area contributed by atoms with E-state index in [1.165, 1.54) is 38.5 Å². The molecule has 2 rings (SSSR count). The molecule has 0 radical (unpaired) electrons. The van der Waals surface area contributed by atoms with Crippen LogP contribution in [-0.2, 0) is 6.54 Å². The van der Waals surface area contributed by atoms with Crippen LogP contribution in [0.5, 0.6) is 0 Å². The van der Waals surface area contributed by atoms with Gasteiger partial charge in [0.25, 0.3) is 0 Å². The summed E-state index contributed by atoms with van der Waals surface area (Å²) < 4.78 is 2.05. The summed E-state index contributed by atoms with van der Waals surface area (Å²) in [5.74, 6) is 1.91. The van der Waals surface area contributed by atoms with E-state index in [1.54, 1.807) is 0 Å². The van der Waals surface area contributed by atoms with E-state index in [2.05, 4.69) is 34.7 Å². The summed E-state index contributed by atoms with van der Waals surface area (Å²) in [5.41, 5.74) is 0. The maximum atomic E-state index is 4.18. The average Bonchev–Trinajstić information content (AvgIpc) is 2.86. The highest BCUT2D eigenvalue weighted by Crippen LogP contribution is 2.34. The first-order valence-electron chi connectivity index (χ1n) is 7.32. The van der Waals surface area contributed by atoms with E-state index in [1.807, 2.05) is 4.68 Å². The fourth-order valence-corrected chi connectivity index (χ4v) is 2.94. The molecule has 0 amide bonds. The zero-order chi connectivity index (χ0) is 12.8. The lowest BCUT2D eigenvalue weighted by Crippen LogP contribution is -2.23. The van der Waals surface area contributed by atoms with Gasteiger partial charge < -0.3 is 5.32 Å². The normalized spacial score (nSPS) is 24.3. The molecule has 0 spiro atoms. The molecular formula is C13H25N5. The Bertz CT molecular complexity index is 341. The average molecular weight is 251 g/mol. The van der Waals surface area contributed by atoms with Gasteiger partial charge in [0.1, 0.15) is 0 Å². The summed E-state index contributed by atoms with van der Waals surface area (Å²) >= 11 is 0. The maximum absolute atomic E-state index is 4.18. The van der Waals surface area contributed by atoms with Gasteiger partial charge in [-0.25, -0.2) is 4.68 Å². The largest absolute Gasteiger partial charge is 0.310 e. The highest BCUT2D eigenvalue weighted by molar-refractivity contribution is 4.86. The van der Waals surface area contributed by atoms with Gasteiger partial charge in [-0.2, -0.15) is 0 Å². The van der Waals surface area contributed by atoms with Crippen LogP contribution in [0.2, 0.25) is 0 Å². The molecule has 5 heteroatoms. The van der Waals surface area contributed by atoms with Crippen LogP contribution in [0.1, 0.15) is 64.2 Å². The minimum absolute atomic E-state index is 0.516. The molecule has 0 aliphatic heterocycles. The van der Waals surface area contributed by atoms with E-state index < -0.39 is 0 Å². The topological polar surface area (TPSA) is 55.6 Å². The first-order valence-corrected chi connectivity index (χ1v) is 7.32. The molecule has 1 aromatic rings. The number of tetrazole rings is 1. The molecule has 0 unspecified atom stereocenters. The van der Waals surface area contributed by atoms with Crippen molar-refractivity contribution in [1.82, 2.24) is 25.5 Å². The number of hydrogen-bond donors (Lipinski definition) is 1. The van der Waals surface area contributed by atoms with Crippen molar-refractivity contribution >= 4 is 0 Å². The molecule has 0 saturated heterocycles. The van der Waals surface area contributed by atoms with Crippen molar-refractivity contribution in [3.05, 3.63) is 5.82 Å². The summed E-state index contributed by atoms with van der Waals surface area (Å²) in [5, 5.41) is 15.4. The van der Waals surface area contributed by atoms with Gasteiger partial charge in [0.2, 0.25) is 0 Å². The summed E-state index contributed by atoms with van der Waals surface area (Å²) in [6.07, 6.45) is 7.82. The lowest BCUT2D eigenvalue weighted by Gasteiger charge is -2.28.